The van der Waals surface area contributed by atoms with Gasteiger partial charge in [0, 0.05) is 16.7 Å². The van der Waals surface area contributed by atoms with Gasteiger partial charge < -0.3 is 4.84 Å². The molecule has 3 rings (SSSR count). The summed E-state index contributed by atoms with van der Waals surface area (Å²) >= 11 is 5.79. The standard InChI is InChI=1S/C22H16ClN3O3/c23-18-9-7-17(8-10-18)22(28)25-24-19-11-13-20(14-12-19)26-29-21(27)15-6-16-4-2-1-3-5-16/h1-15,26H/b15-6+,25-24?. The number of nitrogens with one attached hydrogen (secondary N) is 1. The molecule has 0 aromatic heterocycles. The van der Waals surface area contributed by atoms with Gasteiger partial charge >= 0.3 is 5.97 Å². The van der Waals surface area contributed by atoms with E-state index in [1.807, 2.05) is 30.3 Å². The van der Waals surface area contributed by atoms with E-state index < -0.39 is 11.9 Å². The van der Waals surface area contributed by atoms with Crippen molar-refractivity contribution in [3.63, 3.8) is 0 Å². The van der Waals surface area contributed by atoms with Gasteiger partial charge in [-0.05, 0) is 60.2 Å². The summed E-state index contributed by atoms with van der Waals surface area (Å²) in [5.41, 5.74) is 4.87. The van der Waals surface area contributed by atoms with Gasteiger partial charge in [0.05, 0.1) is 11.4 Å². The molecule has 0 aliphatic carbocycles. The average molecular weight is 406 g/mol. The number of amides is 1. The van der Waals surface area contributed by atoms with Crippen LogP contribution in [0.1, 0.15) is 15.9 Å². The Labute approximate surface area is 172 Å². The summed E-state index contributed by atoms with van der Waals surface area (Å²) in [6.45, 7) is 0. The van der Waals surface area contributed by atoms with E-state index in [-0.39, 0.29) is 0 Å². The molecule has 0 fully saturated rings. The first-order valence-corrected chi connectivity index (χ1v) is 8.99. The summed E-state index contributed by atoms with van der Waals surface area (Å²) in [6.07, 6.45) is 2.98. The van der Waals surface area contributed by atoms with Crippen LogP contribution in [0, 0.1) is 0 Å². The lowest BCUT2D eigenvalue weighted by Crippen LogP contribution is -2.07. The normalized spacial score (nSPS) is 10.9. The van der Waals surface area contributed by atoms with Gasteiger partial charge in [0.15, 0.2) is 0 Å². The summed E-state index contributed by atoms with van der Waals surface area (Å²) in [5, 5.41) is 8.12. The number of hydrogen-bond donors (Lipinski definition) is 1. The highest BCUT2D eigenvalue weighted by Crippen LogP contribution is 2.18. The third-order valence-electron chi connectivity index (χ3n) is 3.70. The molecule has 0 saturated carbocycles. The van der Waals surface area contributed by atoms with Crippen LogP contribution in [0.5, 0.6) is 0 Å². The van der Waals surface area contributed by atoms with E-state index in [0.717, 1.165) is 5.56 Å². The topological polar surface area (TPSA) is 80.1 Å². The molecule has 29 heavy (non-hydrogen) atoms. The van der Waals surface area contributed by atoms with Crippen molar-refractivity contribution in [3.05, 3.63) is 101 Å². The fourth-order valence-corrected chi connectivity index (χ4v) is 2.35. The number of azo groups is 1. The Balaban J connectivity index is 1.50. The molecule has 0 unspecified atom stereocenters. The summed E-state index contributed by atoms with van der Waals surface area (Å²) < 4.78 is 0. The van der Waals surface area contributed by atoms with E-state index in [1.54, 1.807) is 54.6 Å². The second-order valence-corrected chi connectivity index (χ2v) is 6.26. The zero-order chi connectivity index (χ0) is 20.5. The van der Waals surface area contributed by atoms with E-state index in [4.69, 9.17) is 16.4 Å². The fourth-order valence-electron chi connectivity index (χ4n) is 2.22. The second-order valence-electron chi connectivity index (χ2n) is 5.83. The van der Waals surface area contributed by atoms with Crippen LogP contribution in [-0.4, -0.2) is 11.9 Å². The number of nitrogens with zero attached hydrogens (tertiary/aromatic N) is 2. The first-order chi connectivity index (χ1) is 14.1. The van der Waals surface area contributed by atoms with Crippen LogP contribution in [0.25, 0.3) is 6.08 Å². The van der Waals surface area contributed by atoms with Crippen molar-refractivity contribution in [1.82, 2.24) is 0 Å². The molecule has 1 amide bonds. The van der Waals surface area contributed by atoms with E-state index >= 15 is 0 Å². The zero-order valence-electron chi connectivity index (χ0n) is 15.2. The van der Waals surface area contributed by atoms with Crippen molar-refractivity contribution < 1.29 is 14.4 Å². The van der Waals surface area contributed by atoms with Crippen LogP contribution in [0.15, 0.2) is 95.2 Å². The molecule has 0 aliphatic heterocycles. The number of rotatable bonds is 6. The molecule has 3 aromatic rings. The van der Waals surface area contributed by atoms with Crippen molar-refractivity contribution in [2.75, 3.05) is 5.48 Å². The monoisotopic (exact) mass is 405 g/mol. The molecular formula is C22H16ClN3O3. The lowest BCUT2D eigenvalue weighted by atomic mass is 10.2. The van der Waals surface area contributed by atoms with E-state index in [1.165, 1.54) is 6.08 Å². The van der Waals surface area contributed by atoms with Gasteiger partial charge in [0.2, 0.25) is 0 Å². The number of hydrogen-bond acceptors (Lipinski definition) is 5. The number of carbonyl (C=O) groups is 2. The number of halogens is 1. The first-order valence-electron chi connectivity index (χ1n) is 8.62. The third-order valence-corrected chi connectivity index (χ3v) is 3.95. The molecule has 0 radical (unpaired) electrons. The second kappa shape index (κ2) is 9.96. The lowest BCUT2D eigenvalue weighted by Gasteiger charge is -2.04. The number of anilines is 1. The molecule has 6 nitrogen and oxygen atoms in total. The van der Waals surface area contributed by atoms with Crippen molar-refractivity contribution >= 4 is 40.9 Å². The van der Waals surface area contributed by atoms with Gasteiger partial charge in [-0.25, -0.2) is 10.3 Å². The Morgan fingerprint density at radius 3 is 2.28 bits per heavy atom. The minimum atomic E-state index is -0.536. The van der Waals surface area contributed by atoms with Gasteiger partial charge in [-0.1, -0.05) is 41.9 Å². The highest BCUT2D eigenvalue weighted by atomic mass is 35.5. The van der Waals surface area contributed by atoms with Crippen LogP contribution in [-0.2, 0) is 9.63 Å². The van der Waals surface area contributed by atoms with Gasteiger partial charge in [-0.15, -0.1) is 10.2 Å². The molecule has 1 N–H and O–H groups in total. The van der Waals surface area contributed by atoms with E-state index in [0.29, 0.717) is 22.0 Å². The molecule has 144 valence electrons. The SMILES string of the molecule is O=C(/C=C/c1ccccc1)ONc1ccc(N=NC(=O)c2ccc(Cl)cc2)cc1. The molecule has 0 saturated heterocycles. The van der Waals surface area contributed by atoms with Gasteiger partial charge in [0.25, 0.3) is 5.91 Å². The maximum absolute atomic E-state index is 12.0. The zero-order valence-corrected chi connectivity index (χ0v) is 15.9. The molecule has 0 heterocycles. The van der Waals surface area contributed by atoms with E-state index in [9.17, 15) is 9.59 Å². The summed E-state index contributed by atoms with van der Waals surface area (Å²) in [6, 6.07) is 22.4. The summed E-state index contributed by atoms with van der Waals surface area (Å²) in [5.74, 6) is -1.01. The van der Waals surface area contributed by atoms with Crippen molar-refractivity contribution in [2.24, 2.45) is 10.2 Å². The minimum Gasteiger partial charge on any atom is -0.339 e. The Kier molecular flexibility index (Phi) is 6.86. The lowest BCUT2D eigenvalue weighted by molar-refractivity contribution is -0.134. The predicted octanol–water partition coefficient (Wildman–Crippen LogP) is 5.85. The summed E-state index contributed by atoms with van der Waals surface area (Å²) in [4.78, 5) is 28.7. The Bertz CT molecular complexity index is 1030. The van der Waals surface area contributed by atoms with Gasteiger partial charge in [-0.2, -0.15) is 0 Å². The van der Waals surface area contributed by atoms with Gasteiger partial charge in [0.1, 0.15) is 0 Å². The molecule has 0 bridgehead atoms. The fraction of sp³-hybridized carbons (Fsp3) is 0. The molecular weight excluding hydrogens is 390 g/mol. The van der Waals surface area contributed by atoms with Crippen LogP contribution in [0.3, 0.4) is 0 Å². The number of carbonyl (C=O) groups excluding carboxylic acids is 2. The van der Waals surface area contributed by atoms with Crippen molar-refractivity contribution in [2.45, 2.75) is 0 Å². The largest absolute Gasteiger partial charge is 0.355 e. The van der Waals surface area contributed by atoms with Crippen LogP contribution in [0.4, 0.5) is 11.4 Å². The maximum atomic E-state index is 12.0. The molecule has 7 heteroatoms. The first kappa shape index (κ1) is 20.0. The predicted molar refractivity (Wildman–Crippen MR) is 112 cm³/mol. The Hall–Kier alpha value is -3.77. The highest BCUT2D eigenvalue weighted by Gasteiger charge is 2.04. The van der Waals surface area contributed by atoms with Crippen LogP contribution in [0.2, 0.25) is 5.02 Å². The van der Waals surface area contributed by atoms with Gasteiger partial charge in [-0.3, -0.25) is 4.79 Å². The smallest absolute Gasteiger partial charge is 0.339 e. The van der Waals surface area contributed by atoms with E-state index in [2.05, 4.69) is 15.7 Å². The number of benzene rings is 3. The molecule has 0 atom stereocenters. The molecule has 0 aliphatic rings. The average Bonchev–Trinajstić information content (AvgIpc) is 2.76. The Morgan fingerprint density at radius 2 is 1.59 bits per heavy atom. The van der Waals surface area contributed by atoms with Crippen LogP contribution >= 0.6 is 11.6 Å². The van der Waals surface area contributed by atoms with Crippen LogP contribution < -0.4 is 5.48 Å². The van der Waals surface area contributed by atoms with Crippen molar-refractivity contribution in [3.8, 4) is 0 Å². The third kappa shape index (κ3) is 6.41. The summed E-state index contributed by atoms with van der Waals surface area (Å²) in [7, 11) is 0. The minimum absolute atomic E-state index is 0.395. The molecule has 0 spiro atoms. The Morgan fingerprint density at radius 1 is 0.897 bits per heavy atom. The van der Waals surface area contributed by atoms with Crippen molar-refractivity contribution in [1.29, 1.82) is 0 Å². The maximum Gasteiger partial charge on any atom is 0.355 e. The highest BCUT2D eigenvalue weighted by molar-refractivity contribution is 6.30. The quantitative estimate of drug-likeness (QED) is 0.317. The molecule has 3 aromatic carbocycles.